The van der Waals surface area contributed by atoms with Crippen LogP contribution in [0.1, 0.15) is 15.9 Å². The molecular weight excluding hydrogens is 379 g/mol. The van der Waals surface area contributed by atoms with Gasteiger partial charge in [-0.25, -0.2) is 14.2 Å². The summed E-state index contributed by atoms with van der Waals surface area (Å²) >= 11 is 7.01. The maximum Gasteiger partial charge on any atom is 0.340 e. The third kappa shape index (κ3) is 3.79. The summed E-state index contributed by atoms with van der Waals surface area (Å²) in [4.78, 5) is 28.5. The fourth-order valence-corrected chi connectivity index (χ4v) is 3.26. The number of hydrogen-bond acceptors (Lipinski definition) is 5. The van der Waals surface area contributed by atoms with Crippen molar-refractivity contribution in [3.05, 3.63) is 69.3 Å². The van der Waals surface area contributed by atoms with E-state index >= 15 is 0 Å². The molecule has 2 aromatic carbocycles. The van der Waals surface area contributed by atoms with Crippen LogP contribution in [0.2, 0.25) is 5.02 Å². The highest BCUT2D eigenvalue weighted by molar-refractivity contribution is 8.18. The van der Waals surface area contributed by atoms with Crippen LogP contribution in [0.25, 0.3) is 6.08 Å². The van der Waals surface area contributed by atoms with Crippen molar-refractivity contribution in [1.82, 2.24) is 5.32 Å². The first-order valence-electron chi connectivity index (χ1n) is 7.40. The number of para-hydroxylation sites is 1. The standard InChI is InChI=1S/C18H12ClFN2O3S/c1-25-17(24)10-5-2-3-8-14(10)21-18-22-16(23)15(26-18)9-11-12(19)6-4-7-13(11)20/h2-9H,1H3,(H,21,22,23)/b15-9-. The van der Waals surface area contributed by atoms with Crippen molar-refractivity contribution in [3.63, 3.8) is 0 Å². The quantitative estimate of drug-likeness (QED) is 0.631. The number of rotatable bonds is 3. The van der Waals surface area contributed by atoms with Gasteiger partial charge in [-0.2, -0.15) is 0 Å². The summed E-state index contributed by atoms with van der Waals surface area (Å²) in [7, 11) is 1.28. The lowest BCUT2D eigenvalue weighted by atomic mass is 10.2. The fourth-order valence-electron chi connectivity index (χ4n) is 2.22. The molecule has 1 amide bonds. The maximum atomic E-state index is 13.9. The SMILES string of the molecule is COC(=O)c1ccccc1N=C1NC(=O)/C(=C/c2c(F)cccc2Cl)S1. The van der Waals surface area contributed by atoms with Crippen LogP contribution in [0, 0.1) is 5.82 Å². The summed E-state index contributed by atoms with van der Waals surface area (Å²) in [5.74, 6) is -1.49. The number of carbonyl (C=O) groups is 2. The molecule has 1 heterocycles. The number of halogens is 2. The number of methoxy groups -OCH3 is 1. The molecule has 1 aliphatic rings. The number of amidine groups is 1. The number of ether oxygens (including phenoxy) is 1. The topological polar surface area (TPSA) is 67.8 Å². The molecule has 0 bridgehead atoms. The van der Waals surface area contributed by atoms with Gasteiger partial charge in [0.1, 0.15) is 5.82 Å². The van der Waals surface area contributed by atoms with Gasteiger partial charge < -0.3 is 10.1 Å². The summed E-state index contributed by atoms with van der Waals surface area (Å²) in [6.45, 7) is 0. The molecule has 0 aromatic heterocycles. The van der Waals surface area contributed by atoms with Gasteiger partial charge in [-0.15, -0.1) is 0 Å². The molecule has 0 aliphatic carbocycles. The lowest BCUT2D eigenvalue weighted by Gasteiger charge is -2.03. The average molecular weight is 391 g/mol. The van der Waals surface area contributed by atoms with Crippen LogP contribution in [0.4, 0.5) is 10.1 Å². The molecule has 2 aromatic rings. The second kappa shape index (κ2) is 7.72. The van der Waals surface area contributed by atoms with Crippen LogP contribution in [0.5, 0.6) is 0 Å². The van der Waals surface area contributed by atoms with E-state index in [1.807, 2.05) is 0 Å². The van der Waals surface area contributed by atoms with E-state index in [9.17, 15) is 14.0 Å². The normalized spacial score (nSPS) is 16.8. The van der Waals surface area contributed by atoms with Crippen LogP contribution in [0.3, 0.4) is 0 Å². The zero-order valence-electron chi connectivity index (χ0n) is 13.5. The van der Waals surface area contributed by atoms with Gasteiger partial charge in [-0.3, -0.25) is 4.79 Å². The van der Waals surface area contributed by atoms with Crippen LogP contribution < -0.4 is 5.32 Å². The first-order valence-corrected chi connectivity index (χ1v) is 8.60. The number of amides is 1. The third-order valence-electron chi connectivity index (χ3n) is 3.46. The Balaban J connectivity index is 1.93. The second-order valence-corrected chi connectivity index (χ2v) is 6.56. The first kappa shape index (κ1) is 18.2. The van der Waals surface area contributed by atoms with E-state index in [2.05, 4.69) is 10.3 Å². The van der Waals surface area contributed by atoms with E-state index in [1.165, 1.54) is 31.4 Å². The molecule has 1 fully saturated rings. The number of carbonyl (C=O) groups excluding carboxylic acids is 2. The van der Waals surface area contributed by atoms with Gasteiger partial charge in [0.2, 0.25) is 0 Å². The number of aliphatic imine (C=N–C) groups is 1. The van der Waals surface area contributed by atoms with Crippen molar-refractivity contribution in [3.8, 4) is 0 Å². The second-order valence-electron chi connectivity index (χ2n) is 5.13. The maximum absolute atomic E-state index is 13.9. The number of benzene rings is 2. The summed E-state index contributed by atoms with van der Waals surface area (Å²) in [6, 6.07) is 10.9. The molecule has 0 unspecified atom stereocenters. The molecule has 26 heavy (non-hydrogen) atoms. The molecule has 0 spiro atoms. The van der Waals surface area contributed by atoms with Gasteiger partial charge in [0.15, 0.2) is 5.17 Å². The van der Waals surface area contributed by atoms with Crippen molar-refractivity contribution in [1.29, 1.82) is 0 Å². The number of hydrogen-bond donors (Lipinski definition) is 1. The van der Waals surface area contributed by atoms with E-state index in [-0.39, 0.29) is 26.2 Å². The Morgan fingerprint density at radius 3 is 2.77 bits per heavy atom. The molecule has 1 saturated heterocycles. The number of nitrogens with zero attached hydrogens (tertiary/aromatic N) is 1. The summed E-state index contributed by atoms with van der Waals surface area (Å²) < 4.78 is 18.6. The zero-order chi connectivity index (χ0) is 18.7. The minimum absolute atomic E-state index is 0.128. The number of thioether (sulfide) groups is 1. The van der Waals surface area contributed by atoms with E-state index in [0.717, 1.165) is 11.8 Å². The van der Waals surface area contributed by atoms with Gasteiger partial charge in [-0.1, -0.05) is 29.8 Å². The largest absolute Gasteiger partial charge is 0.465 e. The average Bonchev–Trinajstić information content (AvgIpc) is 2.97. The molecule has 0 radical (unpaired) electrons. The van der Waals surface area contributed by atoms with Crippen molar-refractivity contribution >= 4 is 52.2 Å². The monoisotopic (exact) mass is 390 g/mol. The van der Waals surface area contributed by atoms with Gasteiger partial charge in [0.05, 0.1) is 28.3 Å². The Labute approximate surface area is 157 Å². The molecule has 3 rings (SSSR count). The van der Waals surface area contributed by atoms with E-state index < -0.39 is 17.7 Å². The Bertz CT molecular complexity index is 939. The number of esters is 1. The highest BCUT2D eigenvalue weighted by Gasteiger charge is 2.25. The molecule has 132 valence electrons. The predicted octanol–water partition coefficient (Wildman–Crippen LogP) is 4.16. The fraction of sp³-hybridized carbons (Fsp3) is 0.0556. The van der Waals surface area contributed by atoms with Crippen molar-refractivity contribution in [2.45, 2.75) is 0 Å². The van der Waals surface area contributed by atoms with Gasteiger partial charge in [-0.05, 0) is 42.1 Å². The molecule has 1 N–H and O–H groups in total. The van der Waals surface area contributed by atoms with Crippen molar-refractivity contribution < 1.29 is 18.7 Å². The summed E-state index contributed by atoms with van der Waals surface area (Å²) in [5, 5.41) is 3.05. The van der Waals surface area contributed by atoms with Crippen LogP contribution in [0.15, 0.2) is 52.4 Å². The Morgan fingerprint density at radius 1 is 1.27 bits per heavy atom. The minimum atomic E-state index is -0.534. The Morgan fingerprint density at radius 2 is 2.04 bits per heavy atom. The third-order valence-corrected chi connectivity index (χ3v) is 4.70. The highest BCUT2D eigenvalue weighted by atomic mass is 35.5. The Hall–Kier alpha value is -2.64. The lowest BCUT2D eigenvalue weighted by molar-refractivity contribution is -0.115. The van der Waals surface area contributed by atoms with Crippen LogP contribution >= 0.6 is 23.4 Å². The Kier molecular flexibility index (Phi) is 5.39. The predicted molar refractivity (Wildman–Crippen MR) is 100.0 cm³/mol. The number of nitrogens with one attached hydrogen (secondary N) is 1. The van der Waals surface area contributed by atoms with Crippen molar-refractivity contribution in [2.75, 3.05) is 7.11 Å². The van der Waals surface area contributed by atoms with Crippen LogP contribution in [-0.4, -0.2) is 24.2 Å². The van der Waals surface area contributed by atoms with E-state index in [0.29, 0.717) is 5.69 Å². The van der Waals surface area contributed by atoms with E-state index in [4.69, 9.17) is 16.3 Å². The smallest absolute Gasteiger partial charge is 0.340 e. The summed E-state index contributed by atoms with van der Waals surface area (Å²) in [5.41, 5.74) is 0.752. The molecule has 8 heteroatoms. The molecule has 5 nitrogen and oxygen atoms in total. The van der Waals surface area contributed by atoms with Crippen LogP contribution in [-0.2, 0) is 9.53 Å². The van der Waals surface area contributed by atoms with Gasteiger partial charge >= 0.3 is 5.97 Å². The van der Waals surface area contributed by atoms with E-state index in [1.54, 1.807) is 24.3 Å². The minimum Gasteiger partial charge on any atom is -0.465 e. The highest BCUT2D eigenvalue weighted by Crippen LogP contribution is 2.31. The molecular formula is C18H12ClFN2O3S. The van der Waals surface area contributed by atoms with Gasteiger partial charge in [0.25, 0.3) is 5.91 Å². The molecule has 0 saturated carbocycles. The molecule has 0 atom stereocenters. The van der Waals surface area contributed by atoms with Crippen molar-refractivity contribution in [2.24, 2.45) is 4.99 Å². The summed E-state index contributed by atoms with van der Waals surface area (Å²) in [6.07, 6.45) is 1.37. The first-order chi connectivity index (χ1) is 12.5. The van der Waals surface area contributed by atoms with Gasteiger partial charge in [0, 0.05) is 5.56 Å². The molecule has 1 aliphatic heterocycles. The lowest BCUT2D eigenvalue weighted by Crippen LogP contribution is -2.19. The zero-order valence-corrected chi connectivity index (χ0v) is 15.0.